The van der Waals surface area contributed by atoms with Crippen molar-refractivity contribution in [3.63, 3.8) is 0 Å². The Balaban J connectivity index is 2.43. The first-order valence-corrected chi connectivity index (χ1v) is 3.84. The molecule has 2 N–H and O–H groups in total. The van der Waals surface area contributed by atoms with Gasteiger partial charge in [-0.15, -0.1) is 5.10 Å². The Morgan fingerprint density at radius 1 is 1.38 bits per heavy atom. The molecule has 0 radical (unpaired) electrons. The Bertz CT molecular complexity index is 316. The largest absolute Gasteiger partial charge is 0.485 e. The highest BCUT2D eigenvalue weighted by Crippen LogP contribution is 2.24. The lowest BCUT2D eigenvalue weighted by molar-refractivity contribution is -0.724. The average Bonchev–Trinajstić information content (AvgIpc) is 2.45. The van der Waals surface area contributed by atoms with Crippen LogP contribution in [0.25, 0.3) is 0 Å². The lowest BCUT2D eigenvalue weighted by atomic mass is 10.4. The van der Waals surface area contributed by atoms with E-state index in [2.05, 4.69) is 15.5 Å². The standard InChI is InChI=1S/C6H7F3N4/c7-6(8,9)5-12-11-4-3-10-1-2-13(4)5/h10H,1-3H2/p+1. The van der Waals surface area contributed by atoms with Crippen LogP contribution in [0.3, 0.4) is 0 Å². The third-order valence-corrected chi connectivity index (χ3v) is 1.93. The van der Waals surface area contributed by atoms with Gasteiger partial charge in [-0.3, -0.25) is 0 Å². The molecule has 0 atom stereocenters. The van der Waals surface area contributed by atoms with Crippen molar-refractivity contribution in [1.82, 2.24) is 15.5 Å². The number of nitrogens with zero attached hydrogens (tertiary/aromatic N) is 2. The number of aromatic amines is 1. The molecule has 1 aromatic heterocycles. The summed E-state index contributed by atoms with van der Waals surface area (Å²) in [5, 5.41) is 8.55. The van der Waals surface area contributed by atoms with E-state index in [1.54, 1.807) is 0 Å². The second-order valence-corrected chi connectivity index (χ2v) is 2.82. The highest BCUT2D eigenvalue weighted by Gasteiger charge is 2.45. The fourth-order valence-corrected chi connectivity index (χ4v) is 1.36. The molecule has 0 unspecified atom stereocenters. The number of aromatic nitrogens is 3. The van der Waals surface area contributed by atoms with Gasteiger partial charge in [-0.2, -0.15) is 13.2 Å². The fraction of sp³-hybridized carbons (Fsp3) is 0.667. The Morgan fingerprint density at radius 3 is 2.85 bits per heavy atom. The van der Waals surface area contributed by atoms with Crippen LogP contribution >= 0.6 is 0 Å². The van der Waals surface area contributed by atoms with E-state index < -0.39 is 12.0 Å². The molecule has 0 aliphatic carbocycles. The highest BCUT2D eigenvalue weighted by atomic mass is 19.4. The van der Waals surface area contributed by atoms with E-state index in [4.69, 9.17) is 0 Å². The van der Waals surface area contributed by atoms with Gasteiger partial charge >= 0.3 is 12.0 Å². The van der Waals surface area contributed by atoms with Gasteiger partial charge in [-0.25, -0.2) is 4.57 Å². The zero-order chi connectivity index (χ0) is 9.47. The van der Waals surface area contributed by atoms with Crippen LogP contribution in [0.5, 0.6) is 0 Å². The summed E-state index contributed by atoms with van der Waals surface area (Å²) < 4.78 is 38.0. The summed E-state index contributed by atoms with van der Waals surface area (Å²) in [6.45, 7) is 1.25. The minimum atomic E-state index is -4.37. The molecule has 1 aromatic rings. The van der Waals surface area contributed by atoms with E-state index in [-0.39, 0.29) is 0 Å². The zero-order valence-corrected chi connectivity index (χ0v) is 6.65. The van der Waals surface area contributed by atoms with E-state index in [9.17, 15) is 13.2 Å². The molecule has 0 amide bonds. The first-order valence-electron chi connectivity index (χ1n) is 3.84. The Kier molecular flexibility index (Phi) is 1.76. The quantitative estimate of drug-likeness (QED) is 0.561. The Labute approximate surface area is 71.8 Å². The normalized spacial score (nSPS) is 17.2. The molecule has 0 saturated heterocycles. The Morgan fingerprint density at radius 2 is 2.15 bits per heavy atom. The van der Waals surface area contributed by atoms with Crippen molar-refractivity contribution in [2.24, 2.45) is 0 Å². The van der Waals surface area contributed by atoms with Gasteiger partial charge in [0.05, 0.1) is 13.1 Å². The van der Waals surface area contributed by atoms with Crippen LogP contribution in [0, 0.1) is 0 Å². The van der Waals surface area contributed by atoms with Crippen molar-refractivity contribution in [3.8, 4) is 0 Å². The number of rotatable bonds is 0. The summed E-state index contributed by atoms with van der Waals surface area (Å²) >= 11 is 0. The summed E-state index contributed by atoms with van der Waals surface area (Å²) in [6.07, 6.45) is -4.37. The zero-order valence-electron chi connectivity index (χ0n) is 6.65. The number of hydrogen-bond donors (Lipinski definition) is 2. The van der Waals surface area contributed by atoms with E-state index in [0.29, 0.717) is 25.5 Å². The van der Waals surface area contributed by atoms with E-state index in [0.717, 1.165) is 4.57 Å². The van der Waals surface area contributed by atoms with Gasteiger partial charge in [0.1, 0.15) is 0 Å². The maximum absolute atomic E-state index is 12.3. The first kappa shape index (κ1) is 8.49. The molecule has 1 aliphatic rings. The monoisotopic (exact) mass is 193 g/mol. The van der Waals surface area contributed by atoms with Gasteiger partial charge < -0.3 is 5.32 Å². The highest BCUT2D eigenvalue weighted by molar-refractivity contribution is 4.84. The molecule has 0 bridgehead atoms. The van der Waals surface area contributed by atoms with Crippen molar-refractivity contribution < 1.29 is 17.7 Å². The first-order chi connectivity index (χ1) is 6.09. The summed E-state index contributed by atoms with van der Waals surface area (Å²) in [6, 6.07) is 0. The fourth-order valence-electron chi connectivity index (χ4n) is 1.36. The van der Waals surface area contributed by atoms with E-state index in [1.165, 1.54) is 0 Å². The maximum atomic E-state index is 12.3. The summed E-state index contributed by atoms with van der Waals surface area (Å²) in [5.41, 5.74) is 0. The number of halogens is 3. The lowest BCUT2D eigenvalue weighted by Gasteiger charge is -2.11. The predicted octanol–water partition coefficient (Wildman–Crippen LogP) is -0.181. The van der Waals surface area contributed by atoms with E-state index >= 15 is 0 Å². The molecule has 7 heteroatoms. The van der Waals surface area contributed by atoms with Gasteiger partial charge in [0.2, 0.25) is 5.82 Å². The van der Waals surface area contributed by atoms with Crippen molar-refractivity contribution in [1.29, 1.82) is 0 Å². The topological polar surface area (TPSA) is 44.6 Å². The molecular weight excluding hydrogens is 185 g/mol. The number of hydrogen-bond acceptors (Lipinski definition) is 2. The number of H-pyrrole nitrogens is 1. The number of alkyl halides is 3. The third-order valence-electron chi connectivity index (χ3n) is 1.93. The number of nitrogens with one attached hydrogen (secondary N) is 2. The van der Waals surface area contributed by atoms with Crippen LogP contribution in [0.1, 0.15) is 11.6 Å². The third kappa shape index (κ3) is 1.39. The molecule has 4 nitrogen and oxygen atoms in total. The van der Waals surface area contributed by atoms with Crippen molar-refractivity contribution in [2.45, 2.75) is 19.3 Å². The smallest absolute Gasteiger partial charge is 0.304 e. The molecule has 2 rings (SSSR count). The molecule has 0 aromatic carbocycles. The SMILES string of the molecule is FC(F)(F)c1n[nH]c2[n+]1CCNC2. The van der Waals surface area contributed by atoms with Gasteiger partial charge in [-0.1, -0.05) is 0 Å². The molecule has 13 heavy (non-hydrogen) atoms. The Hall–Kier alpha value is -1.11. The van der Waals surface area contributed by atoms with Crippen molar-refractivity contribution in [3.05, 3.63) is 11.6 Å². The average molecular weight is 193 g/mol. The molecule has 72 valence electrons. The molecular formula is C6H8F3N4+. The second-order valence-electron chi connectivity index (χ2n) is 2.82. The minimum absolute atomic E-state index is 0.306. The van der Waals surface area contributed by atoms with Crippen LogP contribution in [-0.2, 0) is 19.3 Å². The predicted molar refractivity (Wildman–Crippen MR) is 35.5 cm³/mol. The molecule has 2 heterocycles. The lowest BCUT2D eigenvalue weighted by Crippen LogP contribution is -2.51. The van der Waals surface area contributed by atoms with Crippen LogP contribution in [0.2, 0.25) is 0 Å². The van der Waals surface area contributed by atoms with Gasteiger partial charge in [0.15, 0.2) is 0 Å². The summed E-state index contributed by atoms with van der Waals surface area (Å²) in [4.78, 5) is 0. The molecule has 0 spiro atoms. The molecule has 0 fully saturated rings. The molecule has 1 aliphatic heterocycles. The van der Waals surface area contributed by atoms with E-state index in [1.807, 2.05) is 0 Å². The van der Waals surface area contributed by atoms with Crippen molar-refractivity contribution >= 4 is 0 Å². The van der Waals surface area contributed by atoms with Crippen LogP contribution in [-0.4, -0.2) is 16.7 Å². The van der Waals surface area contributed by atoms with Crippen molar-refractivity contribution in [2.75, 3.05) is 6.54 Å². The van der Waals surface area contributed by atoms with Crippen LogP contribution in [0.15, 0.2) is 0 Å². The maximum Gasteiger partial charge on any atom is 0.485 e. The van der Waals surface area contributed by atoms with Gasteiger partial charge in [0, 0.05) is 11.6 Å². The summed E-state index contributed by atoms with van der Waals surface area (Å²) in [7, 11) is 0. The van der Waals surface area contributed by atoms with Crippen LogP contribution in [0.4, 0.5) is 13.2 Å². The number of fused-ring (bicyclic) bond motifs is 1. The van der Waals surface area contributed by atoms with Crippen LogP contribution < -0.4 is 9.88 Å². The van der Waals surface area contributed by atoms with Gasteiger partial charge in [-0.05, 0) is 0 Å². The summed E-state index contributed by atoms with van der Waals surface area (Å²) in [5.74, 6) is -0.373. The minimum Gasteiger partial charge on any atom is -0.304 e. The second kappa shape index (κ2) is 2.69. The van der Waals surface area contributed by atoms with Gasteiger partial charge in [0.25, 0.3) is 0 Å². The molecule has 0 saturated carbocycles.